The fourth-order valence-electron chi connectivity index (χ4n) is 2.61. The van der Waals surface area contributed by atoms with Gasteiger partial charge < -0.3 is 10.1 Å². The SMILES string of the molecule is COC(=O)Cn1nc(-c2cccc(Cl)c2)c2c1CCNC2. The maximum absolute atomic E-state index is 11.5. The molecule has 1 aliphatic heterocycles. The molecule has 2 aromatic rings. The van der Waals surface area contributed by atoms with Gasteiger partial charge in [0.1, 0.15) is 6.54 Å². The number of benzene rings is 1. The van der Waals surface area contributed by atoms with Gasteiger partial charge in [0.15, 0.2) is 0 Å². The van der Waals surface area contributed by atoms with E-state index in [4.69, 9.17) is 16.3 Å². The van der Waals surface area contributed by atoms with Crippen LogP contribution in [-0.4, -0.2) is 29.4 Å². The van der Waals surface area contributed by atoms with E-state index < -0.39 is 0 Å². The third-order valence-corrected chi connectivity index (χ3v) is 3.85. The maximum atomic E-state index is 11.5. The lowest BCUT2D eigenvalue weighted by Crippen LogP contribution is -2.26. The Morgan fingerprint density at radius 1 is 1.52 bits per heavy atom. The normalized spacial score (nSPS) is 13.8. The molecule has 1 aromatic carbocycles. The third kappa shape index (κ3) is 2.80. The Hall–Kier alpha value is -1.85. The summed E-state index contributed by atoms with van der Waals surface area (Å²) in [6.07, 6.45) is 0.847. The minimum atomic E-state index is -0.295. The second-order valence-electron chi connectivity index (χ2n) is 4.94. The summed E-state index contributed by atoms with van der Waals surface area (Å²) in [6.45, 7) is 1.77. The Kier molecular flexibility index (Phi) is 3.94. The van der Waals surface area contributed by atoms with Gasteiger partial charge in [-0.05, 0) is 12.1 Å². The number of nitrogens with zero attached hydrogens (tertiary/aromatic N) is 2. The number of hydrogen-bond acceptors (Lipinski definition) is 4. The van der Waals surface area contributed by atoms with E-state index in [9.17, 15) is 4.79 Å². The van der Waals surface area contributed by atoms with Gasteiger partial charge in [-0.3, -0.25) is 9.48 Å². The van der Waals surface area contributed by atoms with E-state index in [1.165, 1.54) is 7.11 Å². The zero-order valence-corrected chi connectivity index (χ0v) is 12.5. The molecule has 110 valence electrons. The summed E-state index contributed by atoms with van der Waals surface area (Å²) >= 11 is 6.07. The van der Waals surface area contributed by atoms with Crippen molar-refractivity contribution >= 4 is 17.6 Å². The van der Waals surface area contributed by atoms with E-state index in [-0.39, 0.29) is 12.5 Å². The summed E-state index contributed by atoms with van der Waals surface area (Å²) in [5.41, 5.74) is 4.07. The van der Waals surface area contributed by atoms with Gasteiger partial charge in [0.05, 0.1) is 12.8 Å². The van der Waals surface area contributed by atoms with Gasteiger partial charge in [-0.15, -0.1) is 0 Å². The first-order valence-corrected chi connectivity index (χ1v) is 7.19. The Labute approximate surface area is 127 Å². The van der Waals surface area contributed by atoms with E-state index >= 15 is 0 Å². The monoisotopic (exact) mass is 305 g/mol. The van der Waals surface area contributed by atoms with E-state index in [2.05, 4.69) is 10.4 Å². The predicted octanol–water partition coefficient (Wildman–Crippen LogP) is 2.02. The van der Waals surface area contributed by atoms with E-state index in [0.29, 0.717) is 5.02 Å². The zero-order chi connectivity index (χ0) is 14.8. The van der Waals surface area contributed by atoms with Crippen molar-refractivity contribution in [3.63, 3.8) is 0 Å². The highest BCUT2D eigenvalue weighted by molar-refractivity contribution is 6.30. The molecule has 2 heterocycles. The minimum Gasteiger partial charge on any atom is -0.468 e. The molecule has 0 atom stereocenters. The Balaban J connectivity index is 2.06. The number of carbonyl (C=O) groups excluding carboxylic acids is 1. The van der Waals surface area contributed by atoms with Crippen molar-refractivity contribution in [3.8, 4) is 11.3 Å². The van der Waals surface area contributed by atoms with E-state index in [1.807, 2.05) is 24.3 Å². The van der Waals surface area contributed by atoms with Crippen LogP contribution in [0.25, 0.3) is 11.3 Å². The van der Waals surface area contributed by atoms with Crippen LogP contribution < -0.4 is 5.32 Å². The molecule has 0 saturated heterocycles. The summed E-state index contributed by atoms with van der Waals surface area (Å²) in [7, 11) is 1.39. The van der Waals surface area contributed by atoms with Gasteiger partial charge in [-0.25, -0.2) is 0 Å². The van der Waals surface area contributed by atoms with Crippen molar-refractivity contribution in [3.05, 3.63) is 40.5 Å². The van der Waals surface area contributed by atoms with Crippen LogP contribution in [0.2, 0.25) is 5.02 Å². The smallest absolute Gasteiger partial charge is 0.327 e. The minimum absolute atomic E-state index is 0.138. The molecule has 1 aliphatic rings. The van der Waals surface area contributed by atoms with Crippen LogP contribution in [0.15, 0.2) is 24.3 Å². The van der Waals surface area contributed by atoms with Crippen LogP contribution in [-0.2, 0) is 29.0 Å². The lowest BCUT2D eigenvalue weighted by atomic mass is 10.0. The van der Waals surface area contributed by atoms with Crippen LogP contribution in [0.3, 0.4) is 0 Å². The summed E-state index contributed by atoms with van der Waals surface area (Å²) in [5.74, 6) is -0.295. The molecule has 3 rings (SSSR count). The summed E-state index contributed by atoms with van der Waals surface area (Å²) in [6, 6.07) is 7.60. The van der Waals surface area contributed by atoms with Crippen LogP contribution in [0.5, 0.6) is 0 Å². The number of ether oxygens (including phenoxy) is 1. The first-order chi connectivity index (χ1) is 10.2. The second kappa shape index (κ2) is 5.87. The van der Waals surface area contributed by atoms with Crippen molar-refractivity contribution in [2.75, 3.05) is 13.7 Å². The predicted molar refractivity (Wildman–Crippen MR) is 80.1 cm³/mol. The van der Waals surface area contributed by atoms with Gasteiger partial charge in [-0.1, -0.05) is 23.7 Å². The first kappa shape index (κ1) is 14.1. The highest BCUT2D eigenvalue weighted by Gasteiger charge is 2.22. The molecule has 1 aromatic heterocycles. The quantitative estimate of drug-likeness (QED) is 0.882. The second-order valence-corrected chi connectivity index (χ2v) is 5.38. The van der Waals surface area contributed by atoms with Crippen molar-refractivity contribution in [2.24, 2.45) is 0 Å². The number of hydrogen-bond donors (Lipinski definition) is 1. The number of halogens is 1. The molecule has 21 heavy (non-hydrogen) atoms. The van der Waals surface area contributed by atoms with Crippen molar-refractivity contribution in [1.29, 1.82) is 0 Å². The number of rotatable bonds is 3. The largest absolute Gasteiger partial charge is 0.468 e. The number of methoxy groups -OCH3 is 1. The molecule has 0 spiro atoms. The summed E-state index contributed by atoms with van der Waals surface area (Å²) in [5, 5.41) is 8.63. The number of esters is 1. The molecular weight excluding hydrogens is 290 g/mol. The standard InChI is InChI=1S/C15H16ClN3O2/c1-21-14(20)9-19-13-5-6-17-8-12(13)15(18-19)10-3-2-4-11(16)7-10/h2-4,7,17H,5-6,8-9H2,1H3. The van der Waals surface area contributed by atoms with Crippen molar-refractivity contribution < 1.29 is 9.53 Å². The first-order valence-electron chi connectivity index (χ1n) is 6.81. The molecule has 6 heteroatoms. The fourth-order valence-corrected chi connectivity index (χ4v) is 2.80. The Bertz CT molecular complexity index is 682. The average Bonchev–Trinajstić information content (AvgIpc) is 2.86. The van der Waals surface area contributed by atoms with Crippen LogP contribution in [0.4, 0.5) is 0 Å². The lowest BCUT2D eigenvalue weighted by Gasteiger charge is -2.15. The average molecular weight is 306 g/mol. The van der Waals surface area contributed by atoms with Gasteiger partial charge in [-0.2, -0.15) is 5.10 Å². The van der Waals surface area contributed by atoms with Crippen molar-refractivity contribution in [1.82, 2.24) is 15.1 Å². The summed E-state index contributed by atoms with van der Waals surface area (Å²) < 4.78 is 6.49. The number of carbonyl (C=O) groups is 1. The van der Waals surface area contributed by atoms with Gasteiger partial charge >= 0.3 is 5.97 Å². The third-order valence-electron chi connectivity index (χ3n) is 3.61. The molecule has 1 N–H and O–H groups in total. The van der Waals surface area contributed by atoms with Gasteiger partial charge in [0.25, 0.3) is 0 Å². The van der Waals surface area contributed by atoms with E-state index in [1.54, 1.807) is 4.68 Å². The zero-order valence-electron chi connectivity index (χ0n) is 11.7. The fraction of sp³-hybridized carbons (Fsp3) is 0.333. The Morgan fingerprint density at radius 3 is 3.14 bits per heavy atom. The highest BCUT2D eigenvalue weighted by atomic mass is 35.5. The van der Waals surface area contributed by atoms with Gasteiger partial charge in [0, 0.05) is 41.4 Å². The molecule has 0 bridgehead atoms. The van der Waals surface area contributed by atoms with Crippen LogP contribution in [0, 0.1) is 0 Å². The molecule has 5 nitrogen and oxygen atoms in total. The highest BCUT2D eigenvalue weighted by Crippen LogP contribution is 2.29. The maximum Gasteiger partial charge on any atom is 0.327 e. The number of aromatic nitrogens is 2. The van der Waals surface area contributed by atoms with Gasteiger partial charge in [0.2, 0.25) is 0 Å². The molecule has 0 aliphatic carbocycles. The summed E-state index contributed by atoms with van der Waals surface area (Å²) in [4.78, 5) is 11.5. The molecule has 0 saturated carbocycles. The molecule has 0 unspecified atom stereocenters. The Morgan fingerprint density at radius 2 is 2.38 bits per heavy atom. The number of fused-ring (bicyclic) bond motifs is 1. The van der Waals surface area contributed by atoms with E-state index in [0.717, 1.165) is 42.0 Å². The lowest BCUT2D eigenvalue weighted by molar-refractivity contribution is -0.141. The molecular formula is C15H16ClN3O2. The molecule has 0 amide bonds. The van der Waals surface area contributed by atoms with Crippen molar-refractivity contribution in [2.45, 2.75) is 19.5 Å². The topological polar surface area (TPSA) is 56.2 Å². The van der Waals surface area contributed by atoms with Crippen LogP contribution in [0.1, 0.15) is 11.3 Å². The molecule has 0 radical (unpaired) electrons. The molecule has 0 fully saturated rings. The number of nitrogens with one attached hydrogen (secondary N) is 1. The van der Waals surface area contributed by atoms with Crippen LogP contribution >= 0.6 is 11.6 Å².